The van der Waals surface area contributed by atoms with E-state index in [1.165, 1.54) is 0 Å². The second-order valence-electron chi connectivity index (χ2n) is 12.3. The summed E-state index contributed by atoms with van der Waals surface area (Å²) in [6.45, 7) is 16.1. The second kappa shape index (κ2) is 7.60. The summed E-state index contributed by atoms with van der Waals surface area (Å²) in [7, 11) is -3.65. The highest BCUT2D eigenvalue weighted by Crippen LogP contribution is 2.65. The number of hydrogen-bond donors (Lipinski definition) is 0. The maximum absolute atomic E-state index is 9.44. The van der Waals surface area contributed by atoms with E-state index in [-0.39, 0.29) is 35.0 Å². The highest BCUT2D eigenvalue weighted by molar-refractivity contribution is 6.70. The molecular weight excluding hydrogens is 388 g/mol. The molecule has 4 heteroatoms. The smallest absolute Gasteiger partial charge is 0.184 e. The third kappa shape index (κ3) is 4.13. The Hall–Kier alpha value is 0.0938. The predicted octanol–water partition coefficient (Wildman–Crippen LogP) is 7.39. The van der Waals surface area contributed by atoms with Crippen LogP contribution in [0, 0.1) is 28.6 Å². The van der Waals surface area contributed by atoms with Crippen LogP contribution in [-0.2, 0) is 8.85 Å². The standard InChI is InChI=1S/C25H46O2Si2/c1-24-17-15-22-20(21(24)13-14-23(24)27-29(5,6)7)12-11-19-10-8-9-16-25(19,22)18-26-28(2,3)4/h11,20-23H,8-10,12-18H2,1-7H3/t20-,21-,22-,23-,24-,25+/m0/s1/i8D,12D2,23D/t8-,20-,21-,22-,23-,24-,25+. The van der Waals surface area contributed by atoms with Crippen LogP contribution in [0.2, 0.25) is 39.3 Å². The van der Waals surface area contributed by atoms with Gasteiger partial charge in [0.2, 0.25) is 0 Å². The van der Waals surface area contributed by atoms with Gasteiger partial charge in [-0.3, -0.25) is 0 Å². The van der Waals surface area contributed by atoms with Crippen LogP contribution in [0.3, 0.4) is 0 Å². The van der Waals surface area contributed by atoms with Gasteiger partial charge < -0.3 is 8.85 Å². The van der Waals surface area contributed by atoms with Gasteiger partial charge in [-0.15, -0.1) is 0 Å². The number of allylic oxidation sites excluding steroid dienone is 1. The molecule has 0 aromatic rings. The summed E-state index contributed by atoms with van der Waals surface area (Å²) in [6.07, 6.45) is 5.42. The van der Waals surface area contributed by atoms with Crippen molar-refractivity contribution in [3.63, 3.8) is 0 Å². The van der Waals surface area contributed by atoms with Crippen molar-refractivity contribution in [2.45, 2.75) is 110 Å². The van der Waals surface area contributed by atoms with Crippen LogP contribution in [0.4, 0.5) is 0 Å². The van der Waals surface area contributed by atoms with Crippen molar-refractivity contribution in [1.82, 2.24) is 0 Å². The van der Waals surface area contributed by atoms with Crippen molar-refractivity contribution < 1.29 is 14.3 Å². The van der Waals surface area contributed by atoms with Gasteiger partial charge in [-0.2, -0.15) is 0 Å². The fourth-order valence-electron chi connectivity index (χ4n) is 6.72. The van der Waals surface area contributed by atoms with E-state index in [1.54, 1.807) is 0 Å². The summed E-state index contributed by atoms with van der Waals surface area (Å²) >= 11 is 0. The van der Waals surface area contributed by atoms with E-state index < -0.39 is 29.1 Å². The molecule has 0 heterocycles. The molecule has 0 amide bonds. The van der Waals surface area contributed by atoms with Crippen molar-refractivity contribution in [2.24, 2.45) is 28.6 Å². The van der Waals surface area contributed by atoms with Crippen LogP contribution in [0.15, 0.2) is 11.6 Å². The lowest BCUT2D eigenvalue weighted by atomic mass is 9.47. The molecule has 4 aliphatic rings. The minimum Gasteiger partial charge on any atom is -0.417 e. The Bertz CT molecular complexity index is 807. The average Bonchev–Trinajstić information content (AvgIpc) is 2.88. The Morgan fingerprint density at radius 2 is 1.83 bits per heavy atom. The van der Waals surface area contributed by atoms with Gasteiger partial charge in [0.25, 0.3) is 0 Å². The Labute approximate surface area is 188 Å². The maximum Gasteiger partial charge on any atom is 0.184 e. The molecule has 0 N–H and O–H groups in total. The fraction of sp³-hybridized carbons (Fsp3) is 0.920. The summed E-state index contributed by atoms with van der Waals surface area (Å²) in [5.41, 5.74) is 0.707. The first-order valence-electron chi connectivity index (χ1n) is 14.0. The zero-order valence-electron chi connectivity index (χ0n) is 23.9. The van der Waals surface area contributed by atoms with Crippen molar-refractivity contribution in [2.75, 3.05) is 6.61 Å². The zero-order valence-corrected chi connectivity index (χ0v) is 21.9. The van der Waals surface area contributed by atoms with Gasteiger partial charge in [0, 0.05) is 16.1 Å². The Morgan fingerprint density at radius 1 is 1.07 bits per heavy atom. The maximum atomic E-state index is 9.44. The zero-order chi connectivity index (χ0) is 24.7. The fourth-order valence-corrected chi connectivity index (χ4v) is 8.49. The Kier molecular flexibility index (Phi) is 4.62. The van der Waals surface area contributed by atoms with Crippen LogP contribution in [0.5, 0.6) is 0 Å². The van der Waals surface area contributed by atoms with E-state index >= 15 is 0 Å². The van der Waals surface area contributed by atoms with Crippen LogP contribution in [0.1, 0.15) is 70.1 Å². The van der Waals surface area contributed by atoms with Crippen molar-refractivity contribution >= 4 is 16.6 Å². The normalized spacial score (nSPS) is 51.5. The van der Waals surface area contributed by atoms with Gasteiger partial charge in [-0.1, -0.05) is 25.0 Å². The molecule has 0 aromatic carbocycles. The third-order valence-electron chi connectivity index (χ3n) is 8.13. The molecule has 29 heavy (non-hydrogen) atoms. The van der Waals surface area contributed by atoms with Gasteiger partial charge in [0.1, 0.15) is 0 Å². The Morgan fingerprint density at radius 3 is 2.52 bits per heavy atom. The highest BCUT2D eigenvalue weighted by atomic mass is 28.4. The van der Waals surface area contributed by atoms with Gasteiger partial charge in [0.05, 0.1) is 7.45 Å². The van der Waals surface area contributed by atoms with Crippen molar-refractivity contribution in [3.05, 3.63) is 11.6 Å². The summed E-state index contributed by atoms with van der Waals surface area (Å²) < 4.78 is 49.5. The summed E-state index contributed by atoms with van der Waals surface area (Å²) in [5, 5.41) is 0. The minimum absolute atomic E-state index is 0.107. The molecule has 0 unspecified atom stereocenters. The average molecular weight is 439 g/mol. The topological polar surface area (TPSA) is 18.5 Å². The molecule has 0 radical (unpaired) electrons. The van der Waals surface area contributed by atoms with E-state index in [4.69, 9.17) is 10.2 Å². The molecule has 0 saturated heterocycles. The largest absolute Gasteiger partial charge is 0.417 e. The Balaban J connectivity index is 1.76. The van der Waals surface area contributed by atoms with Crippen molar-refractivity contribution in [3.8, 4) is 0 Å². The van der Waals surface area contributed by atoms with Crippen LogP contribution in [-0.4, -0.2) is 29.3 Å². The lowest BCUT2D eigenvalue weighted by Gasteiger charge is -2.59. The van der Waals surface area contributed by atoms with Gasteiger partial charge in [0.15, 0.2) is 16.6 Å². The van der Waals surface area contributed by atoms with E-state index in [0.717, 1.165) is 37.7 Å². The molecular formula is C25H46O2Si2. The summed E-state index contributed by atoms with van der Waals surface area (Å²) in [6, 6.07) is 0. The van der Waals surface area contributed by atoms with Crippen LogP contribution in [0.25, 0.3) is 0 Å². The van der Waals surface area contributed by atoms with Gasteiger partial charge in [-0.25, -0.2) is 0 Å². The van der Waals surface area contributed by atoms with Crippen molar-refractivity contribution in [1.29, 1.82) is 0 Å². The number of rotatable bonds is 5. The van der Waals surface area contributed by atoms with Crippen LogP contribution < -0.4 is 0 Å². The monoisotopic (exact) mass is 438 g/mol. The molecule has 3 fully saturated rings. The van der Waals surface area contributed by atoms with Gasteiger partial charge >= 0.3 is 0 Å². The lowest BCUT2D eigenvalue weighted by Crippen LogP contribution is -2.54. The molecule has 0 spiro atoms. The first-order chi connectivity index (χ1) is 14.9. The molecule has 4 aliphatic carbocycles. The third-order valence-corrected chi connectivity index (χ3v) is 10.00. The quantitative estimate of drug-likeness (QED) is 0.329. The molecule has 2 nitrogen and oxygen atoms in total. The predicted molar refractivity (Wildman–Crippen MR) is 128 cm³/mol. The minimum atomic E-state index is -1.91. The first kappa shape index (κ1) is 17.6. The molecule has 166 valence electrons. The lowest BCUT2D eigenvalue weighted by molar-refractivity contribution is -0.0770. The SMILES string of the molecule is [2H][C@H]1CC[C@@]2(CO[Si](C)(C)C)C(=CC([2H])([2H])[C@@H]3[C@@H]2CC[C@@]2(C)[C@H]3CC[C@]2([2H])O[Si](C)(C)C)C1. The van der Waals surface area contributed by atoms with Gasteiger partial charge in [-0.05, 0) is 114 Å². The molecule has 4 rings (SSSR count). The first-order valence-corrected chi connectivity index (χ1v) is 18.7. The van der Waals surface area contributed by atoms with E-state index in [9.17, 15) is 4.11 Å². The molecule has 0 aromatic heterocycles. The van der Waals surface area contributed by atoms with E-state index in [2.05, 4.69) is 46.2 Å². The second-order valence-corrected chi connectivity index (χ2v) is 21.2. The summed E-state index contributed by atoms with van der Waals surface area (Å²) in [4.78, 5) is 0. The van der Waals surface area contributed by atoms with E-state index in [1.807, 2.05) is 6.08 Å². The number of hydrogen-bond acceptors (Lipinski definition) is 2. The summed E-state index contributed by atoms with van der Waals surface area (Å²) in [5.74, 6) is 0.268. The van der Waals surface area contributed by atoms with E-state index in [0.29, 0.717) is 19.4 Å². The van der Waals surface area contributed by atoms with Crippen LogP contribution >= 0.6 is 0 Å². The molecule has 0 aliphatic heterocycles. The highest BCUT2D eigenvalue weighted by Gasteiger charge is 2.60. The number of fused-ring (bicyclic) bond motifs is 5. The molecule has 7 atom stereocenters. The molecule has 3 saturated carbocycles. The molecule has 0 bridgehead atoms.